The Balaban J connectivity index is 1.83. The van der Waals surface area contributed by atoms with Gasteiger partial charge in [-0.15, -0.1) is 11.3 Å². The number of piperidine rings is 1. The molecule has 2 heterocycles. The third kappa shape index (κ3) is 5.81. The quantitative estimate of drug-likeness (QED) is 0.636. The van der Waals surface area contributed by atoms with Gasteiger partial charge in [-0.3, -0.25) is 9.69 Å². The van der Waals surface area contributed by atoms with Crippen molar-refractivity contribution in [1.29, 1.82) is 5.26 Å². The minimum Gasteiger partial charge on any atom is -0.481 e. The molecule has 1 aliphatic heterocycles. The molecular weight excluding hydrogens is 422 g/mol. The Bertz CT molecular complexity index is 978. The number of hydrogen-bond donors (Lipinski definition) is 1. The molecule has 1 fully saturated rings. The molecular formula is C23H26F2N2O3S. The molecule has 0 unspecified atom stereocenters. The van der Waals surface area contributed by atoms with Crippen molar-refractivity contribution in [3.63, 3.8) is 0 Å². The number of aliphatic carboxylic acids is 1. The van der Waals surface area contributed by atoms with Crippen molar-refractivity contribution in [2.24, 2.45) is 17.3 Å². The smallest absolute Gasteiger partial charge is 0.387 e. The van der Waals surface area contributed by atoms with Crippen LogP contribution in [0.15, 0.2) is 30.3 Å². The molecule has 8 heteroatoms. The predicted molar refractivity (Wildman–Crippen MR) is 115 cm³/mol. The number of benzene rings is 1. The molecule has 0 bridgehead atoms. The highest BCUT2D eigenvalue weighted by Gasteiger charge is 2.37. The fourth-order valence-corrected chi connectivity index (χ4v) is 5.02. The zero-order valence-electron chi connectivity index (χ0n) is 17.8. The van der Waals surface area contributed by atoms with Crippen molar-refractivity contribution in [1.82, 2.24) is 4.90 Å². The number of carbonyl (C=O) groups is 1. The summed E-state index contributed by atoms with van der Waals surface area (Å²) in [5.74, 6) is -0.886. The van der Waals surface area contributed by atoms with E-state index >= 15 is 0 Å². The number of hydrogen-bond acceptors (Lipinski definition) is 5. The lowest BCUT2D eigenvalue weighted by Gasteiger charge is -2.42. The average Bonchev–Trinajstić information content (AvgIpc) is 3.15. The minimum atomic E-state index is -2.96. The number of nitrogens with zero attached hydrogens (tertiary/aromatic N) is 2. The molecule has 31 heavy (non-hydrogen) atoms. The molecule has 5 nitrogen and oxygen atoms in total. The summed E-state index contributed by atoms with van der Waals surface area (Å²) < 4.78 is 30.3. The zero-order chi connectivity index (χ0) is 22.8. The number of nitriles is 1. The van der Waals surface area contributed by atoms with Crippen molar-refractivity contribution in [3.8, 4) is 22.3 Å². The molecule has 0 spiro atoms. The van der Waals surface area contributed by atoms with Crippen molar-refractivity contribution in [2.75, 3.05) is 13.1 Å². The Morgan fingerprint density at radius 3 is 2.68 bits per heavy atom. The van der Waals surface area contributed by atoms with E-state index in [0.29, 0.717) is 30.6 Å². The van der Waals surface area contributed by atoms with Crippen molar-refractivity contribution in [2.45, 2.75) is 40.3 Å². The van der Waals surface area contributed by atoms with Gasteiger partial charge in [0.1, 0.15) is 5.75 Å². The number of halogens is 2. The Labute approximate surface area is 184 Å². The lowest BCUT2D eigenvalue weighted by Crippen LogP contribution is -2.46. The lowest BCUT2D eigenvalue weighted by molar-refractivity contribution is -0.145. The van der Waals surface area contributed by atoms with Crippen LogP contribution >= 0.6 is 11.3 Å². The lowest BCUT2D eigenvalue weighted by atomic mass is 9.73. The summed E-state index contributed by atoms with van der Waals surface area (Å²) in [5, 5.41) is 18.8. The number of rotatable bonds is 6. The summed E-state index contributed by atoms with van der Waals surface area (Å²) >= 11 is 1.44. The Kier molecular flexibility index (Phi) is 6.97. The van der Waals surface area contributed by atoms with Crippen LogP contribution in [0.25, 0.3) is 10.4 Å². The van der Waals surface area contributed by atoms with Gasteiger partial charge < -0.3 is 9.84 Å². The second kappa shape index (κ2) is 9.33. The Hall–Kier alpha value is -2.50. The summed E-state index contributed by atoms with van der Waals surface area (Å²) in [7, 11) is 0. The maximum absolute atomic E-state index is 12.8. The fourth-order valence-electron chi connectivity index (χ4n) is 3.94. The fraction of sp³-hybridized carbons (Fsp3) is 0.478. The molecule has 1 aliphatic rings. The second-order valence-corrected chi connectivity index (χ2v) is 10.2. The number of alkyl halides is 2. The predicted octanol–water partition coefficient (Wildman–Crippen LogP) is 5.46. The van der Waals surface area contributed by atoms with E-state index < -0.39 is 18.5 Å². The van der Waals surface area contributed by atoms with Gasteiger partial charge in [0.2, 0.25) is 0 Å². The van der Waals surface area contributed by atoms with Gasteiger partial charge in [-0.05, 0) is 48.1 Å². The van der Waals surface area contributed by atoms with E-state index in [-0.39, 0.29) is 17.1 Å². The summed E-state index contributed by atoms with van der Waals surface area (Å²) in [4.78, 5) is 15.6. The van der Waals surface area contributed by atoms with Crippen molar-refractivity contribution < 1.29 is 23.4 Å². The molecule has 0 amide bonds. The van der Waals surface area contributed by atoms with Gasteiger partial charge in [0.25, 0.3) is 0 Å². The van der Waals surface area contributed by atoms with Crippen LogP contribution in [-0.4, -0.2) is 35.7 Å². The molecule has 1 aromatic carbocycles. The van der Waals surface area contributed by atoms with Crippen LogP contribution in [0.2, 0.25) is 0 Å². The molecule has 0 radical (unpaired) electrons. The molecule has 0 saturated carbocycles. The van der Waals surface area contributed by atoms with Crippen LogP contribution in [-0.2, 0) is 11.3 Å². The van der Waals surface area contributed by atoms with Gasteiger partial charge in [-0.25, -0.2) is 0 Å². The van der Waals surface area contributed by atoms with Gasteiger partial charge in [-0.1, -0.05) is 20.8 Å². The maximum Gasteiger partial charge on any atom is 0.387 e. The van der Waals surface area contributed by atoms with E-state index in [1.807, 2.05) is 18.2 Å². The number of carboxylic acids is 1. The number of thiophene rings is 1. The summed E-state index contributed by atoms with van der Waals surface area (Å²) in [6.45, 7) is 5.33. The van der Waals surface area contributed by atoms with Gasteiger partial charge in [0.15, 0.2) is 0 Å². The maximum atomic E-state index is 12.8. The van der Waals surface area contributed by atoms with Crippen LogP contribution in [0, 0.1) is 28.6 Å². The first-order valence-corrected chi connectivity index (χ1v) is 10.9. The van der Waals surface area contributed by atoms with Gasteiger partial charge >= 0.3 is 12.6 Å². The van der Waals surface area contributed by atoms with Crippen LogP contribution in [0.5, 0.6) is 5.75 Å². The molecule has 0 aliphatic carbocycles. The molecule has 166 valence electrons. The first kappa shape index (κ1) is 23.2. The van der Waals surface area contributed by atoms with Crippen LogP contribution in [0.3, 0.4) is 0 Å². The first-order valence-electron chi connectivity index (χ1n) is 10.1. The number of ether oxygens (including phenoxy) is 1. The molecule has 3 rings (SSSR count). The van der Waals surface area contributed by atoms with E-state index in [1.165, 1.54) is 23.5 Å². The van der Waals surface area contributed by atoms with Crippen LogP contribution in [0.1, 0.15) is 37.6 Å². The molecule has 1 N–H and O–H groups in total. The van der Waals surface area contributed by atoms with E-state index in [9.17, 15) is 23.9 Å². The zero-order valence-corrected chi connectivity index (χ0v) is 18.6. The largest absolute Gasteiger partial charge is 0.481 e. The average molecular weight is 449 g/mol. The van der Waals surface area contributed by atoms with E-state index in [4.69, 9.17) is 0 Å². The summed E-state index contributed by atoms with van der Waals surface area (Å²) in [5.41, 5.74) is 0.816. The van der Waals surface area contributed by atoms with Crippen molar-refractivity contribution in [3.05, 3.63) is 40.8 Å². The number of likely N-dealkylation sites (tertiary alicyclic amines) is 1. The molecule has 1 aromatic heterocycles. The second-order valence-electron chi connectivity index (χ2n) is 9.00. The third-order valence-electron chi connectivity index (χ3n) is 5.73. The first-order chi connectivity index (χ1) is 14.6. The van der Waals surface area contributed by atoms with E-state index in [1.54, 1.807) is 6.07 Å². The van der Waals surface area contributed by atoms with Crippen molar-refractivity contribution >= 4 is 17.3 Å². The SMILES string of the molecule is CC(C)(C)[C@@H]1C[C@@H](C(=O)O)CN(Cc2ccc(-c3cc(C#N)ccc3OC(F)F)s2)C1. The molecule has 1 saturated heterocycles. The minimum absolute atomic E-state index is 0.00618. The Morgan fingerprint density at radius 1 is 1.32 bits per heavy atom. The van der Waals surface area contributed by atoms with E-state index in [0.717, 1.165) is 16.3 Å². The summed E-state index contributed by atoms with van der Waals surface area (Å²) in [6.07, 6.45) is 0.667. The third-order valence-corrected chi connectivity index (χ3v) is 6.83. The highest BCUT2D eigenvalue weighted by Crippen LogP contribution is 2.39. The van der Waals surface area contributed by atoms with Crippen LogP contribution in [0.4, 0.5) is 8.78 Å². The highest BCUT2D eigenvalue weighted by atomic mass is 32.1. The van der Waals surface area contributed by atoms with Crippen LogP contribution < -0.4 is 4.74 Å². The monoisotopic (exact) mass is 448 g/mol. The van der Waals surface area contributed by atoms with E-state index in [2.05, 4.69) is 30.4 Å². The standard InChI is InChI=1S/C23H26F2N2O3S/c1-23(2,3)16-9-15(21(28)29)11-27(12-16)13-17-5-7-20(31-17)18-8-14(10-26)4-6-19(18)30-22(24)25/h4-8,15-16,22H,9,11-13H2,1-3H3,(H,28,29)/t15-,16-/m1/s1. The van der Waals surface area contributed by atoms with Gasteiger partial charge in [0.05, 0.1) is 17.6 Å². The number of carboxylic acid groups (broad SMARTS) is 1. The topological polar surface area (TPSA) is 73.6 Å². The normalized spacial score (nSPS) is 19.9. The van der Waals surface area contributed by atoms with Gasteiger partial charge in [-0.2, -0.15) is 14.0 Å². The Morgan fingerprint density at radius 2 is 2.06 bits per heavy atom. The van der Waals surface area contributed by atoms with Gasteiger partial charge in [0, 0.05) is 35.0 Å². The molecule has 2 atom stereocenters. The highest BCUT2D eigenvalue weighted by molar-refractivity contribution is 7.15. The molecule has 2 aromatic rings. The summed E-state index contributed by atoms with van der Waals surface area (Å²) in [6, 6.07) is 10.1.